The van der Waals surface area contributed by atoms with Crippen LogP contribution in [0.1, 0.15) is 17.2 Å². The minimum atomic E-state index is -4.55. The molecule has 2 aromatic carbocycles. The summed E-state index contributed by atoms with van der Waals surface area (Å²) < 4.78 is 52.7. The van der Waals surface area contributed by atoms with Crippen molar-refractivity contribution < 1.29 is 22.4 Å². The van der Waals surface area contributed by atoms with E-state index < -0.39 is 17.6 Å². The van der Waals surface area contributed by atoms with E-state index in [4.69, 9.17) is 0 Å². The van der Waals surface area contributed by atoms with E-state index in [2.05, 4.69) is 10.6 Å². The number of hydrogen-bond acceptors (Lipinski definition) is 3. The summed E-state index contributed by atoms with van der Waals surface area (Å²) in [5.41, 5.74) is -0.446. The van der Waals surface area contributed by atoms with Crippen molar-refractivity contribution in [3.8, 4) is 0 Å². The van der Waals surface area contributed by atoms with E-state index in [1.807, 2.05) is 4.90 Å². The van der Waals surface area contributed by atoms with Crippen molar-refractivity contribution in [1.82, 2.24) is 10.2 Å². The summed E-state index contributed by atoms with van der Waals surface area (Å²) in [7, 11) is 0. The maximum absolute atomic E-state index is 13.5. The highest BCUT2D eigenvalue weighted by atomic mass is 19.4. The normalized spacial score (nSPS) is 18.3. The van der Waals surface area contributed by atoms with Gasteiger partial charge in [0.25, 0.3) is 0 Å². The van der Waals surface area contributed by atoms with Crippen molar-refractivity contribution in [3.63, 3.8) is 0 Å². The molecule has 1 atom stereocenters. The average molecular weight is 381 g/mol. The van der Waals surface area contributed by atoms with E-state index in [9.17, 15) is 22.4 Å². The van der Waals surface area contributed by atoms with E-state index in [1.54, 1.807) is 12.1 Å². The van der Waals surface area contributed by atoms with Gasteiger partial charge in [0.05, 0.1) is 17.8 Å². The van der Waals surface area contributed by atoms with Crippen LogP contribution in [0, 0.1) is 5.82 Å². The number of nitrogens with zero attached hydrogens (tertiary/aromatic N) is 1. The highest BCUT2D eigenvalue weighted by molar-refractivity contribution is 5.93. The predicted octanol–water partition coefficient (Wildman–Crippen LogP) is 3.43. The quantitative estimate of drug-likeness (QED) is 0.798. The second-order valence-corrected chi connectivity index (χ2v) is 6.34. The first-order valence-corrected chi connectivity index (χ1v) is 8.51. The molecule has 1 aliphatic heterocycles. The molecule has 2 N–H and O–H groups in total. The summed E-state index contributed by atoms with van der Waals surface area (Å²) in [5.74, 6) is -0.920. The number of nitrogens with one attached hydrogen (secondary N) is 2. The van der Waals surface area contributed by atoms with E-state index in [-0.39, 0.29) is 24.1 Å². The van der Waals surface area contributed by atoms with Gasteiger partial charge < -0.3 is 10.6 Å². The minimum Gasteiger partial charge on any atom is -0.324 e. The molecule has 1 amide bonds. The zero-order valence-electron chi connectivity index (χ0n) is 14.4. The fourth-order valence-corrected chi connectivity index (χ4v) is 3.19. The molecular formula is C19H19F4N3O. The lowest BCUT2D eigenvalue weighted by molar-refractivity contribution is -0.137. The summed E-state index contributed by atoms with van der Waals surface area (Å²) in [4.78, 5) is 14.2. The Morgan fingerprint density at radius 3 is 2.70 bits per heavy atom. The maximum Gasteiger partial charge on any atom is 0.418 e. The number of anilines is 1. The first kappa shape index (κ1) is 19.3. The highest BCUT2D eigenvalue weighted by Gasteiger charge is 2.34. The van der Waals surface area contributed by atoms with Crippen LogP contribution in [-0.4, -0.2) is 37.0 Å². The second kappa shape index (κ2) is 8.06. The number of piperazine rings is 1. The van der Waals surface area contributed by atoms with Crippen molar-refractivity contribution in [1.29, 1.82) is 0 Å². The number of alkyl halides is 3. The third-order valence-corrected chi connectivity index (χ3v) is 4.44. The summed E-state index contributed by atoms with van der Waals surface area (Å²) >= 11 is 0. The van der Waals surface area contributed by atoms with Gasteiger partial charge in [-0.15, -0.1) is 0 Å². The molecule has 1 saturated heterocycles. The van der Waals surface area contributed by atoms with Crippen LogP contribution in [0.3, 0.4) is 0 Å². The number of rotatable bonds is 4. The molecule has 0 radical (unpaired) electrons. The van der Waals surface area contributed by atoms with Crippen molar-refractivity contribution in [2.45, 2.75) is 12.2 Å². The van der Waals surface area contributed by atoms with Gasteiger partial charge in [-0.05, 0) is 29.8 Å². The third kappa shape index (κ3) is 4.84. The highest BCUT2D eigenvalue weighted by Crippen LogP contribution is 2.34. The first-order valence-electron chi connectivity index (χ1n) is 8.51. The van der Waals surface area contributed by atoms with Crippen LogP contribution in [-0.2, 0) is 11.0 Å². The molecule has 0 spiro atoms. The smallest absolute Gasteiger partial charge is 0.324 e. The van der Waals surface area contributed by atoms with Crippen molar-refractivity contribution in [3.05, 3.63) is 65.5 Å². The van der Waals surface area contributed by atoms with Crippen LogP contribution >= 0.6 is 0 Å². The number of benzene rings is 2. The van der Waals surface area contributed by atoms with Crippen LogP contribution in [0.5, 0.6) is 0 Å². The van der Waals surface area contributed by atoms with E-state index in [0.717, 1.165) is 6.07 Å². The van der Waals surface area contributed by atoms with Gasteiger partial charge in [-0.2, -0.15) is 13.2 Å². The Kier molecular flexibility index (Phi) is 5.76. The summed E-state index contributed by atoms with van der Waals surface area (Å²) in [5, 5.41) is 5.54. The largest absolute Gasteiger partial charge is 0.418 e. The SMILES string of the molecule is O=C(CN1CCNCC1c1cccc(F)c1)Nc1ccccc1C(F)(F)F. The topological polar surface area (TPSA) is 44.4 Å². The summed E-state index contributed by atoms with van der Waals surface area (Å²) in [6.07, 6.45) is -4.55. The maximum atomic E-state index is 13.5. The molecule has 1 heterocycles. The molecule has 1 unspecified atom stereocenters. The van der Waals surface area contributed by atoms with Gasteiger partial charge in [0, 0.05) is 25.7 Å². The van der Waals surface area contributed by atoms with Crippen molar-refractivity contribution in [2.75, 3.05) is 31.5 Å². The molecular weight excluding hydrogens is 362 g/mol. The van der Waals surface area contributed by atoms with Gasteiger partial charge in [-0.3, -0.25) is 9.69 Å². The van der Waals surface area contributed by atoms with Crippen LogP contribution in [0.2, 0.25) is 0 Å². The first-order chi connectivity index (χ1) is 12.8. The molecule has 144 valence electrons. The molecule has 4 nitrogen and oxygen atoms in total. The molecule has 3 rings (SSSR count). The standard InChI is InChI=1S/C19H19F4N3O/c20-14-5-3-4-13(10-14)17-11-24-8-9-26(17)12-18(27)25-16-7-2-1-6-15(16)19(21,22)23/h1-7,10,17,24H,8-9,11-12H2,(H,25,27). The summed E-state index contributed by atoms with van der Waals surface area (Å²) in [6, 6.07) is 10.7. The molecule has 2 aromatic rings. The predicted molar refractivity (Wildman–Crippen MR) is 93.7 cm³/mol. The fourth-order valence-electron chi connectivity index (χ4n) is 3.19. The van der Waals surface area contributed by atoms with Crippen LogP contribution in [0.4, 0.5) is 23.2 Å². The van der Waals surface area contributed by atoms with Crippen LogP contribution < -0.4 is 10.6 Å². The molecule has 27 heavy (non-hydrogen) atoms. The molecule has 1 fully saturated rings. The van der Waals surface area contributed by atoms with Gasteiger partial charge >= 0.3 is 6.18 Å². The van der Waals surface area contributed by atoms with Gasteiger partial charge in [0.15, 0.2) is 0 Å². The second-order valence-electron chi connectivity index (χ2n) is 6.34. The Morgan fingerprint density at radius 1 is 1.19 bits per heavy atom. The molecule has 0 bridgehead atoms. The van der Waals surface area contributed by atoms with E-state index in [1.165, 1.54) is 30.3 Å². The van der Waals surface area contributed by atoms with Crippen molar-refractivity contribution in [2.24, 2.45) is 0 Å². The minimum absolute atomic E-state index is 0.0882. The number of carbonyl (C=O) groups is 1. The van der Waals surface area contributed by atoms with Gasteiger partial charge in [0.2, 0.25) is 5.91 Å². The molecule has 0 saturated carbocycles. The Balaban J connectivity index is 1.73. The number of para-hydroxylation sites is 1. The zero-order chi connectivity index (χ0) is 19.4. The third-order valence-electron chi connectivity index (χ3n) is 4.44. The Bertz CT molecular complexity index is 810. The number of carbonyl (C=O) groups excluding carboxylic acids is 1. The van der Waals surface area contributed by atoms with E-state index in [0.29, 0.717) is 25.2 Å². The lowest BCUT2D eigenvalue weighted by atomic mass is 10.0. The molecule has 0 aliphatic carbocycles. The number of amides is 1. The molecule has 0 aromatic heterocycles. The van der Waals surface area contributed by atoms with Gasteiger partial charge in [-0.1, -0.05) is 24.3 Å². The Morgan fingerprint density at radius 2 is 1.96 bits per heavy atom. The average Bonchev–Trinajstić information content (AvgIpc) is 2.61. The Labute approximate surface area is 154 Å². The van der Waals surface area contributed by atoms with Crippen LogP contribution in [0.25, 0.3) is 0 Å². The summed E-state index contributed by atoms with van der Waals surface area (Å²) in [6.45, 7) is 1.60. The van der Waals surface area contributed by atoms with Crippen molar-refractivity contribution >= 4 is 11.6 Å². The molecule has 1 aliphatic rings. The zero-order valence-corrected chi connectivity index (χ0v) is 14.4. The number of hydrogen-bond donors (Lipinski definition) is 2. The monoisotopic (exact) mass is 381 g/mol. The Hall–Kier alpha value is -2.45. The van der Waals surface area contributed by atoms with Gasteiger partial charge in [0.1, 0.15) is 5.82 Å². The van der Waals surface area contributed by atoms with E-state index >= 15 is 0 Å². The molecule has 8 heteroatoms. The number of halogens is 4. The van der Waals surface area contributed by atoms with Crippen LogP contribution in [0.15, 0.2) is 48.5 Å². The van der Waals surface area contributed by atoms with Gasteiger partial charge in [-0.25, -0.2) is 4.39 Å². The lowest BCUT2D eigenvalue weighted by Crippen LogP contribution is -2.48. The fraction of sp³-hybridized carbons (Fsp3) is 0.316. The lowest BCUT2D eigenvalue weighted by Gasteiger charge is -2.36.